The molecule has 0 amide bonds. The van der Waals surface area contributed by atoms with Crippen molar-refractivity contribution in [2.45, 2.75) is 18.9 Å². The molecule has 1 aliphatic heterocycles. The van der Waals surface area contributed by atoms with Gasteiger partial charge >= 0.3 is 0 Å². The maximum atomic E-state index is 6.21. The summed E-state index contributed by atoms with van der Waals surface area (Å²) in [6, 6.07) is 5.56. The third-order valence-electron chi connectivity index (χ3n) is 3.03. The molecule has 1 aromatic carbocycles. The largest absolute Gasteiger partial charge is 0.381 e. The molecule has 0 radical (unpaired) electrons. The fraction of sp³-hybridized carbons (Fsp3) is 0.500. The summed E-state index contributed by atoms with van der Waals surface area (Å²) in [5.41, 5.74) is 7.24. The van der Waals surface area contributed by atoms with Crippen LogP contribution in [0.2, 0.25) is 10.0 Å². The highest BCUT2D eigenvalue weighted by atomic mass is 35.5. The van der Waals surface area contributed by atoms with Gasteiger partial charge in [0.15, 0.2) is 0 Å². The summed E-state index contributed by atoms with van der Waals surface area (Å²) in [6.07, 6.45) is 2.20. The van der Waals surface area contributed by atoms with E-state index >= 15 is 0 Å². The molecule has 2 unspecified atom stereocenters. The van der Waals surface area contributed by atoms with Gasteiger partial charge < -0.3 is 10.5 Å². The van der Waals surface area contributed by atoms with Gasteiger partial charge in [-0.3, -0.25) is 0 Å². The van der Waals surface area contributed by atoms with E-state index in [1.807, 2.05) is 12.1 Å². The number of halogens is 2. The maximum Gasteiger partial charge on any atom is 0.0595 e. The van der Waals surface area contributed by atoms with Gasteiger partial charge in [0.25, 0.3) is 0 Å². The Hall–Kier alpha value is -0.280. The fourth-order valence-corrected chi connectivity index (χ4v) is 2.35. The van der Waals surface area contributed by atoms with Crippen LogP contribution in [-0.2, 0) is 4.74 Å². The Morgan fingerprint density at radius 2 is 2.12 bits per heavy atom. The van der Waals surface area contributed by atoms with Crippen LogP contribution in [0.3, 0.4) is 0 Å². The number of ether oxygens (including phenoxy) is 1. The summed E-state index contributed by atoms with van der Waals surface area (Å²) >= 11 is 11.9. The van der Waals surface area contributed by atoms with Gasteiger partial charge in [0, 0.05) is 18.6 Å². The minimum Gasteiger partial charge on any atom is -0.381 e. The van der Waals surface area contributed by atoms with Crippen LogP contribution in [-0.4, -0.2) is 13.2 Å². The van der Waals surface area contributed by atoms with Crippen LogP contribution in [0.15, 0.2) is 18.2 Å². The predicted octanol–water partition coefficient (Wildman–Crippen LogP) is 3.42. The van der Waals surface area contributed by atoms with Crippen molar-refractivity contribution in [1.29, 1.82) is 0 Å². The number of rotatable bonds is 2. The van der Waals surface area contributed by atoms with E-state index in [1.54, 1.807) is 6.07 Å². The van der Waals surface area contributed by atoms with Crippen molar-refractivity contribution in [1.82, 2.24) is 0 Å². The summed E-state index contributed by atoms with van der Waals surface area (Å²) in [4.78, 5) is 0. The van der Waals surface area contributed by atoms with Gasteiger partial charge in [-0.25, -0.2) is 0 Å². The normalized spacial score (nSPS) is 23.1. The topological polar surface area (TPSA) is 35.2 Å². The molecular formula is C12H15Cl2NO. The average molecular weight is 260 g/mol. The first kappa shape index (κ1) is 12.2. The van der Waals surface area contributed by atoms with E-state index in [-0.39, 0.29) is 6.04 Å². The minimum absolute atomic E-state index is 0.0185. The first-order chi connectivity index (χ1) is 7.68. The van der Waals surface area contributed by atoms with E-state index < -0.39 is 0 Å². The van der Waals surface area contributed by atoms with E-state index in [2.05, 4.69) is 0 Å². The van der Waals surface area contributed by atoms with Crippen molar-refractivity contribution in [3.8, 4) is 0 Å². The van der Waals surface area contributed by atoms with Gasteiger partial charge in [0.2, 0.25) is 0 Å². The summed E-state index contributed by atoms with van der Waals surface area (Å²) in [6.45, 7) is 1.59. The third kappa shape index (κ3) is 2.69. The van der Waals surface area contributed by atoms with Crippen molar-refractivity contribution in [2.24, 2.45) is 11.7 Å². The van der Waals surface area contributed by atoms with Crippen LogP contribution >= 0.6 is 23.2 Å². The molecule has 1 heterocycles. The summed E-state index contributed by atoms with van der Waals surface area (Å²) in [5, 5.41) is 1.13. The molecule has 0 aliphatic carbocycles. The lowest BCUT2D eigenvalue weighted by atomic mass is 9.89. The van der Waals surface area contributed by atoms with Gasteiger partial charge in [-0.15, -0.1) is 0 Å². The van der Waals surface area contributed by atoms with Gasteiger partial charge in [0.05, 0.1) is 16.7 Å². The monoisotopic (exact) mass is 259 g/mol. The SMILES string of the molecule is NC(c1ccc(Cl)c(Cl)c1)C1CCCOC1. The smallest absolute Gasteiger partial charge is 0.0595 e. The van der Waals surface area contributed by atoms with Gasteiger partial charge in [-0.05, 0) is 30.5 Å². The Balaban J connectivity index is 2.12. The Morgan fingerprint density at radius 1 is 1.31 bits per heavy atom. The Labute approximate surface area is 106 Å². The van der Waals surface area contributed by atoms with E-state index in [9.17, 15) is 0 Å². The average Bonchev–Trinajstić information content (AvgIpc) is 2.33. The number of hydrogen-bond donors (Lipinski definition) is 1. The number of nitrogens with two attached hydrogens (primary N) is 1. The van der Waals surface area contributed by atoms with Gasteiger partial charge in [-0.1, -0.05) is 29.3 Å². The fourth-order valence-electron chi connectivity index (χ4n) is 2.04. The zero-order valence-corrected chi connectivity index (χ0v) is 10.5. The highest BCUT2D eigenvalue weighted by Gasteiger charge is 2.22. The zero-order valence-electron chi connectivity index (χ0n) is 8.96. The quantitative estimate of drug-likeness (QED) is 0.884. The summed E-state index contributed by atoms with van der Waals surface area (Å²) in [5.74, 6) is 0.381. The van der Waals surface area contributed by atoms with E-state index in [0.717, 1.165) is 31.6 Å². The van der Waals surface area contributed by atoms with Crippen molar-refractivity contribution >= 4 is 23.2 Å². The first-order valence-corrected chi connectivity index (χ1v) is 6.22. The lowest BCUT2D eigenvalue weighted by Gasteiger charge is -2.28. The predicted molar refractivity (Wildman–Crippen MR) is 66.9 cm³/mol. The Bertz CT molecular complexity index is 364. The first-order valence-electron chi connectivity index (χ1n) is 5.47. The van der Waals surface area contributed by atoms with Crippen molar-refractivity contribution in [3.63, 3.8) is 0 Å². The van der Waals surface area contributed by atoms with Crippen molar-refractivity contribution in [2.75, 3.05) is 13.2 Å². The second-order valence-electron chi connectivity index (χ2n) is 4.18. The standard InChI is InChI=1S/C12H15Cl2NO/c13-10-4-3-8(6-11(10)14)12(15)9-2-1-5-16-7-9/h3-4,6,9,12H,1-2,5,7,15H2. The molecule has 2 N–H and O–H groups in total. The number of hydrogen-bond acceptors (Lipinski definition) is 2. The Kier molecular flexibility index (Phi) is 4.09. The number of benzene rings is 1. The highest BCUT2D eigenvalue weighted by molar-refractivity contribution is 6.42. The molecule has 0 bridgehead atoms. The lowest BCUT2D eigenvalue weighted by Crippen LogP contribution is -2.29. The van der Waals surface area contributed by atoms with Crippen molar-refractivity contribution < 1.29 is 4.74 Å². The Morgan fingerprint density at radius 3 is 2.75 bits per heavy atom. The summed E-state index contributed by atoms with van der Waals surface area (Å²) in [7, 11) is 0. The van der Waals surface area contributed by atoms with Crippen LogP contribution in [0.4, 0.5) is 0 Å². The summed E-state index contributed by atoms with van der Waals surface area (Å²) < 4.78 is 5.44. The molecule has 88 valence electrons. The van der Waals surface area contributed by atoms with Crippen LogP contribution in [0, 0.1) is 5.92 Å². The molecule has 0 aromatic heterocycles. The van der Waals surface area contributed by atoms with Crippen LogP contribution in [0.25, 0.3) is 0 Å². The van der Waals surface area contributed by atoms with Crippen LogP contribution in [0.5, 0.6) is 0 Å². The van der Waals surface area contributed by atoms with E-state index in [1.165, 1.54) is 0 Å². The van der Waals surface area contributed by atoms with Gasteiger partial charge in [0.1, 0.15) is 0 Å². The molecular weight excluding hydrogens is 245 g/mol. The van der Waals surface area contributed by atoms with Crippen LogP contribution < -0.4 is 5.73 Å². The maximum absolute atomic E-state index is 6.21. The van der Waals surface area contributed by atoms with E-state index in [0.29, 0.717) is 16.0 Å². The van der Waals surface area contributed by atoms with Crippen LogP contribution in [0.1, 0.15) is 24.4 Å². The lowest BCUT2D eigenvalue weighted by molar-refractivity contribution is 0.0448. The second kappa shape index (κ2) is 5.37. The van der Waals surface area contributed by atoms with Gasteiger partial charge in [-0.2, -0.15) is 0 Å². The molecule has 4 heteroatoms. The molecule has 0 saturated carbocycles. The highest BCUT2D eigenvalue weighted by Crippen LogP contribution is 2.30. The molecule has 2 rings (SSSR count). The molecule has 1 aromatic rings. The molecule has 1 aliphatic rings. The molecule has 2 atom stereocenters. The van der Waals surface area contributed by atoms with E-state index in [4.69, 9.17) is 33.7 Å². The molecule has 2 nitrogen and oxygen atoms in total. The third-order valence-corrected chi connectivity index (χ3v) is 3.77. The molecule has 1 saturated heterocycles. The second-order valence-corrected chi connectivity index (χ2v) is 4.99. The minimum atomic E-state index is -0.0185. The molecule has 1 fully saturated rings. The molecule has 0 spiro atoms. The molecule has 16 heavy (non-hydrogen) atoms. The zero-order chi connectivity index (χ0) is 11.5. The van der Waals surface area contributed by atoms with Crippen molar-refractivity contribution in [3.05, 3.63) is 33.8 Å².